The SMILES string of the molecule is Cc1c(C(=O)NS(=O)(=O)N2CCc3sccc3C2)cnn1C. The summed E-state index contributed by atoms with van der Waals surface area (Å²) in [7, 11) is -2.16. The van der Waals surface area contributed by atoms with E-state index in [4.69, 9.17) is 0 Å². The number of nitrogens with zero attached hydrogens (tertiary/aromatic N) is 3. The molecular weight excluding hydrogens is 324 g/mol. The number of aryl methyl sites for hydroxylation is 1. The lowest BCUT2D eigenvalue weighted by Crippen LogP contribution is -2.45. The molecule has 1 amide bonds. The van der Waals surface area contributed by atoms with Crippen molar-refractivity contribution in [3.8, 4) is 0 Å². The number of aromatic nitrogens is 2. The highest BCUT2D eigenvalue weighted by atomic mass is 32.2. The molecule has 2 aromatic heterocycles. The normalized spacial score (nSPS) is 15.5. The van der Waals surface area contributed by atoms with Crippen molar-refractivity contribution in [2.24, 2.45) is 7.05 Å². The van der Waals surface area contributed by atoms with Crippen LogP contribution in [0.2, 0.25) is 0 Å². The standard InChI is InChI=1S/C13H16N4O3S2/c1-9-11(7-14-16(9)2)13(18)15-22(19,20)17-5-3-12-10(8-17)4-6-21-12/h4,6-7H,3,5,8H2,1-2H3,(H,15,18). The maximum Gasteiger partial charge on any atom is 0.304 e. The van der Waals surface area contributed by atoms with Crippen molar-refractivity contribution in [1.29, 1.82) is 0 Å². The first-order valence-corrected chi connectivity index (χ1v) is 9.06. The van der Waals surface area contributed by atoms with Crippen LogP contribution >= 0.6 is 11.3 Å². The predicted octanol–water partition coefficient (Wildman–Crippen LogP) is 0.823. The van der Waals surface area contributed by atoms with E-state index in [-0.39, 0.29) is 5.56 Å². The quantitative estimate of drug-likeness (QED) is 0.897. The molecule has 118 valence electrons. The lowest BCUT2D eigenvalue weighted by molar-refractivity contribution is 0.0978. The Kier molecular flexibility index (Phi) is 3.79. The molecule has 9 heteroatoms. The van der Waals surface area contributed by atoms with Crippen LogP contribution in [0, 0.1) is 6.92 Å². The second-order valence-corrected chi connectivity index (χ2v) is 7.83. The number of thiophene rings is 1. The van der Waals surface area contributed by atoms with Crippen molar-refractivity contribution in [2.75, 3.05) is 6.54 Å². The van der Waals surface area contributed by atoms with Gasteiger partial charge in [-0.05, 0) is 30.4 Å². The highest BCUT2D eigenvalue weighted by molar-refractivity contribution is 7.87. The van der Waals surface area contributed by atoms with Crippen molar-refractivity contribution in [2.45, 2.75) is 19.9 Å². The van der Waals surface area contributed by atoms with Crippen LogP contribution in [-0.2, 0) is 30.2 Å². The molecule has 0 radical (unpaired) electrons. The summed E-state index contributed by atoms with van der Waals surface area (Å²) in [5, 5.41) is 5.91. The number of carbonyl (C=O) groups is 1. The van der Waals surface area contributed by atoms with Gasteiger partial charge in [-0.25, -0.2) is 4.72 Å². The fourth-order valence-electron chi connectivity index (χ4n) is 2.39. The number of rotatable bonds is 3. The lowest BCUT2D eigenvalue weighted by Gasteiger charge is -2.26. The van der Waals surface area contributed by atoms with Gasteiger partial charge < -0.3 is 0 Å². The molecule has 2 aromatic rings. The number of amides is 1. The van der Waals surface area contributed by atoms with Gasteiger partial charge in [0.05, 0.1) is 11.8 Å². The van der Waals surface area contributed by atoms with Gasteiger partial charge in [0, 0.05) is 30.7 Å². The Morgan fingerprint density at radius 2 is 2.23 bits per heavy atom. The van der Waals surface area contributed by atoms with Crippen LogP contribution < -0.4 is 4.72 Å². The summed E-state index contributed by atoms with van der Waals surface area (Å²) in [6.45, 7) is 2.39. The van der Waals surface area contributed by atoms with Gasteiger partial charge in [-0.2, -0.15) is 17.8 Å². The maximum atomic E-state index is 12.4. The van der Waals surface area contributed by atoms with E-state index >= 15 is 0 Å². The van der Waals surface area contributed by atoms with E-state index in [0.717, 1.165) is 5.56 Å². The molecule has 0 fully saturated rings. The third-order valence-electron chi connectivity index (χ3n) is 3.81. The summed E-state index contributed by atoms with van der Waals surface area (Å²) in [5.41, 5.74) is 1.89. The second kappa shape index (κ2) is 5.49. The molecule has 0 saturated carbocycles. The Morgan fingerprint density at radius 3 is 2.91 bits per heavy atom. The van der Waals surface area contributed by atoms with Crippen LogP contribution in [0.1, 0.15) is 26.5 Å². The molecule has 0 aliphatic carbocycles. The average Bonchev–Trinajstić information content (AvgIpc) is 3.05. The largest absolute Gasteiger partial charge is 0.304 e. The minimum absolute atomic E-state index is 0.263. The topological polar surface area (TPSA) is 84.3 Å². The first-order chi connectivity index (χ1) is 10.4. The first-order valence-electron chi connectivity index (χ1n) is 6.74. The van der Waals surface area contributed by atoms with Crippen molar-refractivity contribution in [1.82, 2.24) is 18.8 Å². The highest BCUT2D eigenvalue weighted by Gasteiger charge is 2.29. The van der Waals surface area contributed by atoms with Gasteiger partial charge in [0.15, 0.2) is 0 Å². The Bertz CT molecular complexity index is 822. The molecule has 0 atom stereocenters. The molecule has 0 spiro atoms. The van der Waals surface area contributed by atoms with Gasteiger partial charge in [0.2, 0.25) is 0 Å². The van der Waals surface area contributed by atoms with E-state index in [1.54, 1.807) is 25.3 Å². The van der Waals surface area contributed by atoms with Crippen LogP contribution in [0.15, 0.2) is 17.6 Å². The Morgan fingerprint density at radius 1 is 1.45 bits per heavy atom. The highest BCUT2D eigenvalue weighted by Crippen LogP contribution is 2.25. The molecule has 1 N–H and O–H groups in total. The van der Waals surface area contributed by atoms with Crippen LogP contribution in [0.25, 0.3) is 0 Å². The molecule has 7 nitrogen and oxygen atoms in total. The molecule has 3 heterocycles. The van der Waals surface area contributed by atoms with Gasteiger partial charge >= 0.3 is 10.2 Å². The van der Waals surface area contributed by atoms with Gasteiger partial charge in [0.25, 0.3) is 5.91 Å². The summed E-state index contributed by atoms with van der Waals surface area (Å²) < 4.78 is 29.7. The van der Waals surface area contributed by atoms with E-state index in [1.807, 2.05) is 11.4 Å². The van der Waals surface area contributed by atoms with E-state index in [0.29, 0.717) is 25.2 Å². The fraction of sp³-hybridized carbons (Fsp3) is 0.385. The molecule has 0 saturated heterocycles. The molecule has 1 aliphatic heterocycles. The molecule has 3 rings (SSSR count). The first kappa shape index (κ1) is 15.2. The minimum atomic E-state index is -3.86. The zero-order valence-electron chi connectivity index (χ0n) is 12.2. The summed E-state index contributed by atoms with van der Waals surface area (Å²) >= 11 is 1.63. The van der Waals surface area contributed by atoms with Crippen LogP contribution in [0.3, 0.4) is 0 Å². The number of fused-ring (bicyclic) bond motifs is 1. The van der Waals surface area contributed by atoms with Gasteiger partial charge in [0.1, 0.15) is 0 Å². The number of nitrogens with one attached hydrogen (secondary N) is 1. The monoisotopic (exact) mass is 340 g/mol. The number of carbonyl (C=O) groups excluding carboxylic acids is 1. The van der Waals surface area contributed by atoms with E-state index in [9.17, 15) is 13.2 Å². The lowest BCUT2D eigenvalue weighted by atomic mass is 10.1. The summed E-state index contributed by atoms with van der Waals surface area (Å²) in [5.74, 6) is -0.651. The van der Waals surface area contributed by atoms with Crippen molar-refractivity contribution >= 4 is 27.5 Å². The van der Waals surface area contributed by atoms with E-state index < -0.39 is 16.1 Å². The zero-order valence-corrected chi connectivity index (χ0v) is 13.9. The molecular formula is C13H16N4O3S2. The third kappa shape index (κ3) is 2.67. The van der Waals surface area contributed by atoms with Crippen molar-refractivity contribution in [3.63, 3.8) is 0 Å². The second-order valence-electron chi connectivity index (χ2n) is 5.16. The maximum absolute atomic E-state index is 12.4. The van der Waals surface area contributed by atoms with Crippen LogP contribution in [0.4, 0.5) is 0 Å². The Balaban J connectivity index is 1.77. The van der Waals surface area contributed by atoms with Crippen molar-refractivity contribution in [3.05, 3.63) is 39.3 Å². The molecule has 22 heavy (non-hydrogen) atoms. The number of hydrogen-bond acceptors (Lipinski definition) is 5. The molecule has 0 bridgehead atoms. The molecule has 0 aromatic carbocycles. The van der Waals surface area contributed by atoms with Gasteiger partial charge in [-0.1, -0.05) is 0 Å². The van der Waals surface area contributed by atoms with Crippen molar-refractivity contribution < 1.29 is 13.2 Å². The summed E-state index contributed by atoms with van der Waals surface area (Å²) in [6.07, 6.45) is 2.04. The predicted molar refractivity (Wildman–Crippen MR) is 82.8 cm³/mol. The van der Waals surface area contributed by atoms with Gasteiger partial charge in [-0.15, -0.1) is 11.3 Å². The van der Waals surface area contributed by atoms with E-state index in [2.05, 4.69) is 9.82 Å². The van der Waals surface area contributed by atoms with Crippen LogP contribution in [0.5, 0.6) is 0 Å². The molecule has 1 aliphatic rings. The van der Waals surface area contributed by atoms with E-state index in [1.165, 1.54) is 20.1 Å². The Labute approximate surface area is 132 Å². The summed E-state index contributed by atoms with van der Waals surface area (Å²) in [4.78, 5) is 13.4. The number of hydrogen-bond donors (Lipinski definition) is 1. The minimum Gasteiger partial charge on any atom is -0.272 e. The Hall–Kier alpha value is -1.71. The summed E-state index contributed by atoms with van der Waals surface area (Å²) in [6, 6.07) is 1.93. The third-order valence-corrected chi connectivity index (χ3v) is 6.27. The van der Waals surface area contributed by atoms with Gasteiger partial charge in [-0.3, -0.25) is 9.48 Å². The molecule has 0 unspecified atom stereocenters. The van der Waals surface area contributed by atoms with Crippen LogP contribution in [-0.4, -0.2) is 35.0 Å². The average molecular weight is 340 g/mol. The smallest absolute Gasteiger partial charge is 0.272 e. The fourth-order valence-corrected chi connectivity index (χ4v) is 4.39. The zero-order chi connectivity index (χ0) is 15.9.